The van der Waals surface area contributed by atoms with Crippen LogP contribution in [0.1, 0.15) is 23.6 Å². The Balaban J connectivity index is 1.70. The molecule has 0 heterocycles. The molecule has 8 nitrogen and oxygen atoms in total. The van der Waals surface area contributed by atoms with Gasteiger partial charge in [0.1, 0.15) is 17.4 Å². The first-order valence-electron chi connectivity index (χ1n) is 11.3. The number of phenols is 1. The molecule has 0 aliphatic carbocycles. The summed E-state index contributed by atoms with van der Waals surface area (Å²) in [6.07, 6.45) is 1.43. The summed E-state index contributed by atoms with van der Waals surface area (Å²) in [6.45, 7) is 5.84. The van der Waals surface area contributed by atoms with E-state index in [1.807, 2.05) is 45.0 Å². The van der Waals surface area contributed by atoms with E-state index in [2.05, 4.69) is 10.6 Å². The SMILES string of the molecule is CCOc1cc(/C=C(\C#N)C(=O)Nc2ccc(O)cc2)ccc1OCC(=O)Nc1ccc(C)cc1C. The number of ether oxygens (including phenoxy) is 2. The average molecular weight is 486 g/mol. The van der Waals surface area contributed by atoms with Crippen molar-refractivity contribution in [3.63, 3.8) is 0 Å². The Bertz CT molecular complexity index is 1320. The number of carbonyl (C=O) groups excluding carboxylic acids is 2. The number of carbonyl (C=O) groups is 2. The highest BCUT2D eigenvalue weighted by molar-refractivity contribution is 6.09. The lowest BCUT2D eigenvalue weighted by Gasteiger charge is -2.14. The number of nitrogens with one attached hydrogen (secondary N) is 2. The van der Waals surface area contributed by atoms with Gasteiger partial charge in [-0.05, 0) is 80.4 Å². The van der Waals surface area contributed by atoms with Gasteiger partial charge >= 0.3 is 0 Å². The first kappa shape index (κ1) is 25.8. The van der Waals surface area contributed by atoms with E-state index in [9.17, 15) is 20.0 Å². The molecule has 0 spiro atoms. The van der Waals surface area contributed by atoms with Crippen molar-refractivity contribution < 1.29 is 24.2 Å². The minimum Gasteiger partial charge on any atom is -0.508 e. The molecule has 0 atom stereocenters. The van der Waals surface area contributed by atoms with Crippen molar-refractivity contribution >= 4 is 29.3 Å². The number of hydrogen-bond donors (Lipinski definition) is 3. The summed E-state index contributed by atoms with van der Waals surface area (Å²) < 4.78 is 11.3. The Hall–Kier alpha value is -4.77. The molecule has 2 amide bonds. The molecule has 3 aromatic carbocycles. The van der Waals surface area contributed by atoms with Crippen molar-refractivity contribution in [2.45, 2.75) is 20.8 Å². The molecule has 0 radical (unpaired) electrons. The van der Waals surface area contributed by atoms with Gasteiger partial charge in [-0.15, -0.1) is 0 Å². The number of hydrogen-bond acceptors (Lipinski definition) is 6. The van der Waals surface area contributed by atoms with Crippen LogP contribution in [-0.4, -0.2) is 30.1 Å². The van der Waals surface area contributed by atoms with E-state index in [0.29, 0.717) is 35.0 Å². The number of benzene rings is 3. The van der Waals surface area contributed by atoms with Gasteiger partial charge in [0.25, 0.3) is 11.8 Å². The lowest BCUT2D eigenvalue weighted by molar-refractivity contribution is -0.118. The molecule has 8 heteroatoms. The molecular formula is C28H27N3O5. The summed E-state index contributed by atoms with van der Waals surface area (Å²) in [5.74, 6) is -0.105. The van der Waals surface area contributed by atoms with E-state index in [1.165, 1.54) is 30.3 Å². The van der Waals surface area contributed by atoms with Crippen molar-refractivity contribution in [2.75, 3.05) is 23.8 Å². The lowest BCUT2D eigenvalue weighted by Crippen LogP contribution is -2.21. The van der Waals surface area contributed by atoms with Crippen LogP contribution in [0, 0.1) is 25.2 Å². The molecule has 0 saturated carbocycles. The van der Waals surface area contributed by atoms with Gasteiger partial charge in [-0.3, -0.25) is 9.59 Å². The summed E-state index contributed by atoms with van der Waals surface area (Å²) in [7, 11) is 0. The highest BCUT2D eigenvalue weighted by Crippen LogP contribution is 2.30. The number of phenolic OH excluding ortho intramolecular Hbond substituents is 1. The van der Waals surface area contributed by atoms with Crippen LogP contribution in [0.25, 0.3) is 6.08 Å². The molecule has 0 bridgehead atoms. The van der Waals surface area contributed by atoms with Gasteiger partial charge in [0.05, 0.1) is 6.61 Å². The van der Waals surface area contributed by atoms with Crippen molar-refractivity contribution in [3.05, 3.63) is 82.9 Å². The largest absolute Gasteiger partial charge is 0.508 e. The zero-order valence-electron chi connectivity index (χ0n) is 20.3. The van der Waals surface area contributed by atoms with Crippen molar-refractivity contribution in [2.24, 2.45) is 0 Å². The maximum Gasteiger partial charge on any atom is 0.266 e. The topological polar surface area (TPSA) is 121 Å². The number of rotatable bonds is 9. The molecule has 0 saturated heterocycles. The summed E-state index contributed by atoms with van der Waals surface area (Å²) >= 11 is 0. The zero-order chi connectivity index (χ0) is 26.1. The minimum atomic E-state index is -0.593. The Morgan fingerprint density at radius 2 is 1.72 bits per heavy atom. The second kappa shape index (κ2) is 12.1. The van der Waals surface area contributed by atoms with E-state index in [1.54, 1.807) is 18.2 Å². The third-order valence-corrected chi connectivity index (χ3v) is 5.08. The molecule has 184 valence electrons. The third-order valence-electron chi connectivity index (χ3n) is 5.08. The smallest absolute Gasteiger partial charge is 0.266 e. The van der Waals surface area contributed by atoms with Gasteiger partial charge in [0.15, 0.2) is 18.1 Å². The summed E-state index contributed by atoms with van der Waals surface area (Å²) in [4.78, 5) is 24.9. The van der Waals surface area contributed by atoms with Gasteiger partial charge in [0, 0.05) is 11.4 Å². The van der Waals surface area contributed by atoms with E-state index < -0.39 is 5.91 Å². The van der Waals surface area contributed by atoms with Crippen molar-refractivity contribution in [1.29, 1.82) is 5.26 Å². The van der Waals surface area contributed by atoms with Gasteiger partial charge in [0.2, 0.25) is 0 Å². The average Bonchev–Trinajstić information content (AvgIpc) is 2.85. The molecule has 0 fully saturated rings. The molecule has 0 aliphatic rings. The predicted octanol–water partition coefficient (Wildman–Crippen LogP) is 4.97. The first-order chi connectivity index (χ1) is 17.3. The monoisotopic (exact) mass is 485 g/mol. The molecule has 0 aromatic heterocycles. The van der Waals surface area contributed by atoms with Gasteiger partial charge in [-0.25, -0.2) is 0 Å². The Morgan fingerprint density at radius 1 is 0.972 bits per heavy atom. The van der Waals surface area contributed by atoms with Crippen LogP contribution < -0.4 is 20.1 Å². The number of anilines is 2. The predicted molar refractivity (Wildman–Crippen MR) is 138 cm³/mol. The zero-order valence-corrected chi connectivity index (χ0v) is 20.3. The fourth-order valence-electron chi connectivity index (χ4n) is 3.34. The number of amides is 2. The molecule has 3 N–H and O–H groups in total. The number of aryl methyl sites for hydroxylation is 2. The van der Waals surface area contributed by atoms with Crippen LogP contribution in [0.2, 0.25) is 0 Å². The Morgan fingerprint density at radius 3 is 2.39 bits per heavy atom. The normalized spacial score (nSPS) is 10.8. The summed E-state index contributed by atoms with van der Waals surface area (Å²) in [5.41, 5.74) is 3.65. The van der Waals surface area contributed by atoms with Gasteiger partial charge in [-0.1, -0.05) is 23.8 Å². The van der Waals surface area contributed by atoms with Gasteiger partial charge in [-0.2, -0.15) is 5.26 Å². The summed E-state index contributed by atoms with van der Waals surface area (Å²) in [6, 6.07) is 18.5. The van der Waals surface area contributed by atoms with Crippen LogP contribution in [0.5, 0.6) is 17.2 Å². The molecule has 3 aromatic rings. The summed E-state index contributed by atoms with van der Waals surface area (Å²) in [5, 5.41) is 24.3. The quantitative estimate of drug-likeness (QED) is 0.224. The van der Waals surface area contributed by atoms with E-state index in [-0.39, 0.29) is 23.8 Å². The molecule has 0 unspecified atom stereocenters. The molecule has 3 rings (SSSR count). The standard InChI is InChI=1S/C28H27N3O5/c1-4-35-26-15-20(14-21(16-29)28(34)30-22-7-9-23(32)10-8-22)6-12-25(26)36-17-27(33)31-24-11-5-18(2)13-19(24)3/h5-15,32H,4,17H2,1-3H3,(H,30,34)(H,31,33)/b21-14+. The number of nitriles is 1. The first-order valence-corrected chi connectivity index (χ1v) is 11.3. The van der Waals surface area contributed by atoms with Crippen LogP contribution in [-0.2, 0) is 9.59 Å². The van der Waals surface area contributed by atoms with E-state index in [4.69, 9.17) is 9.47 Å². The molecular weight excluding hydrogens is 458 g/mol. The van der Waals surface area contributed by atoms with Crippen LogP contribution in [0.4, 0.5) is 11.4 Å². The van der Waals surface area contributed by atoms with Crippen molar-refractivity contribution in [1.82, 2.24) is 0 Å². The highest BCUT2D eigenvalue weighted by atomic mass is 16.5. The van der Waals surface area contributed by atoms with E-state index in [0.717, 1.165) is 11.1 Å². The highest BCUT2D eigenvalue weighted by Gasteiger charge is 2.13. The molecule has 0 aliphatic heterocycles. The van der Waals surface area contributed by atoms with Gasteiger partial charge < -0.3 is 25.2 Å². The van der Waals surface area contributed by atoms with E-state index >= 15 is 0 Å². The Labute approximate surface area is 209 Å². The van der Waals surface area contributed by atoms with Crippen LogP contribution >= 0.6 is 0 Å². The maximum atomic E-state index is 12.5. The fraction of sp³-hybridized carbons (Fsp3) is 0.179. The van der Waals surface area contributed by atoms with Crippen LogP contribution in [0.15, 0.2) is 66.2 Å². The van der Waals surface area contributed by atoms with Crippen LogP contribution in [0.3, 0.4) is 0 Å². The fourth-order valence-corrected chi connectivity index (χ4v) is 3.34. The number of aromatic hydroxyl groups is 1. The van der Waals surface area contributed by atoms with Crippen molar-refractivity contribution in [3.8, 4) is 23.3 Å². The Kier molecular flexibility index (Phi) is 8.68. The lowest BCUT2D eigenvalue weighted by atomic mass is 10.1. The maximum absolute atomic E-state index is 12.5. The second-order valence-corrected chi connectivity index (χ2v) is 7.97. The minimum absolute atomic E-state index is 0.0672. The third kappa shape index (κ3) is 7.11. The number of nitrogens with zero attached hydrogens (tertiary/aromatic N) is 1. The second-order valence-electron chi connectivity index (χ2n) is 7.97. The molecule has 36 heavy (non-hydrogen) atoms.